The summed E-state index contributed by atoms with van der Waals surface area (Å²) in [6.07, 6.45) is -0.903. The largest absolute Gasteiger partial charge is 0.483 e. The molecule has 29 heavy (non-hydrogen) atoms. The van der Waals surface area contributed by atoms with E-state index in [0.29, 0.717) is 13.2 Å². The summed E-state index contributed by atoms with van der Waals surface area (Å²) >= 11 is 1.65. The van der Waals surface area contributed by atoms with E-state index in [0.717, 1.165) is 27.5 Å². The molecule has 5 nitrogen and oxygen atoms in total. The van der Waals surface area contributed by atoms with Gasteiger partial charge in [-0.3, -0.25) is 0 Å². The zero-order valence-electron chi connectivity index (χ0n) is 16.3. The van der Waals surface area contributed by atoms with E-state index in [4.69, 9.17) is 14.5 Å². The zero-order chi connectivity index (χ0) is 20.1. The number of aliphatic hydroxyl groups excluding tert-OH is 1. The minimum Gasteiger partial charge on any atom is -0.483 e. The van der Waals surface area contributed by atoms with E-state index < -0.39 is 6.10 Å². The van der Waals surface area contributed by atoms with Gasteiger partial charge in [0.25, 0.3) is 0 Å². The van der Waals surface area contributed by atoms with Gasteiger partial charge in [0, 0.05) is 4.88 Å². The highest BCUT2D eigenvalue weighted by Gasteiger charge is 2.20. The molecule has 0 aliphatic rings. The molecule has 0 amide bonds. The van der Waals surface area contributed by atoms with Gasteiger partial charge in [0.05, 0.1) is 36.9 Å². The van der Waals surface area contributed by atoms with Gasteiger partial charge in [-0.1, -0.05) is 36.4 Å². The van der Waals surface area contributed by atoms with Crippen LogP contribution in [-0.2, 0) is 17.9 Å². The minimum absolute atomic E-state index is 0.260. The third kappa shape index (κ3) is 4.85. The molecule has 0 aliphatic carbocycles. The molecule has 0 radical (unpaired) electrons. The molecule has 0 aliphatic heterocycles. The number of nitrogens with zero attached hydrogens (tertiary/aromatic N) is 2. The van der Waals surface area contributed by atoms with Gasteiger partial charge in [-0.25, -0.2) is 4.98 Å². The van der Waals surface area contributed by atoms with Crippen LogP contribution in [0.5, 0.6) is 5.75 Å². The number of fused-ring (bicyclic) bond motifs is 1. The predicted octanol–water partition coefficient (Wildman–Crippen LogP) is 4.82. The molecule has 4 rings (SSSR count). The van der Waals surface area contributed by atoms with E-state index in [-0.39, 0.29) is 12.7 Å². The van der Waals surface area contributed by atoms with Gasteiger partial charge in [-0.2, -0.15) is 0 Å². The lowest BCUT2D eigenvalue weighted by Gasteiger charge is -2.19. The number of hydrogen-bond donors (Lipinski definition) is 1. The molecule has 0 fully saturated rings. The van der Waals surface area contributed by atoms with E-state index in [1.54, 1.807) is 11.3 Å². The fraction of sp³-hybridized carbons (Fsp3) is 0.261. The van der Waals surface area contributed by atoms with Gasteiger partial charge in [0.1, 0.15) is 5.75 Å². The minimum atomic E-state index is -0.643. The molecule has 2 aromatic carbocycles. The van der Waals surface area contributed by atoms with Crippen LogP contribution in [0.15, 0.2) is 72.1 Å². The van der Waals surface area contributed by atoms with Crippen LogP contribution >= 0.6 is 11.3 Å². The first-order valence-corrected chi connectivity index (χ1v) is 10.5. The third-order valence-corrected chi connectivity index (χ3v) is 5.48. The second kappa shape index (κ2) is 9.22. The van der Waals surface area contributed by atoms with Crippen molar-refractivity contribution in [1.29, 1.82) is 0 Å². The molecule has 4 aromatic rings. The van der Waals surface area contributed by atoms with Crippen molar-refractivity contribution in [1.82, 2.24) is 9.55 Å². The van der Waals surface area contributed by atoms with Gasteiger partial charge >= 0.3 is 0 Å². The summed E-state index contributed by atoms with van der Waals surface area (Å²) in [5, 5.41) is 12.6. The summed E-state index contributed by atoms with van der Waals surface area (Å²) < 4.78 is 13.8. The average Bonchev–Trinajstić information content (AvgIpc) is 3.37. The van der Waals surface area contributed by atoms with Crippen molar-refractivity contribution < 1.29 is 14.6 Å². The number of rotatable bonds is 9. The fourth-order valence-electron chi connectivity index (χ4n) is 3.31. The molecular weight excluding hydrogens is 384 g/mol. The summed E-state index contributed by atoms with van der Waals surface area (Å²) in [6.45, 7) is 3.14. The number of aliphatic hydroxyl groups is 1. The van der Waals surface area contributed by atoms with Gasteiger partial charge in [0.15, 0.2) is 11.9 Å². The third-order valence-electron chi connectivity index (χ3n) is 4.63. The number of aromatic nitrogens is 2. The summed E-state index contributed by atoms with van der Waals surface area (Å²) in [5.74, 6) is 1.57. The Kier molecular flexibility index (Phi) is 6.24. The van der Waals surface area contributed by atoms with Crippen LogP contribution in [0.1, 0.15) is 23.7 Å². The van der Waals surface area contributed by atoms with Crippen LogP contribution < -0.4 is 4.74 Å². The second-order valence-corrected chi connectivity index (χ2v) is 7.92. The maximum Gasteiger partial charge on any atom is 0.153 e. The number of hydrogen-bond acceptors (Lipinski definition) is 5. The van der Waals surface area contributed by atoms with E-state index in [9.17, 15) is 5.11 Å². The average molecular weight is 409 g/mol. The molecule has 0 saturated heterocycles. The van der Waals surface area contributed by atoms with E-state index in [2.05, 4.69) is 0 Å². The summed E-state index contributed by atoms with van der Waals surface area (Å²) in [4.78, 5) is 5.92. The molecule has 150 valence electrons. The molecule has 0 unspecified atom stereocenters. The van der Waals surface area contributed by atoms with E-state index in [1.807, 2.05) is 83.6 Å². The number of para-hydroxylation sites is 3. The highest BCUT2D eigenvalue weighted by molar-refractivity contribution is 7.09. The van der Waals surface area contributed by atoms with Crippen molar-refractivity contribution in [2.45, 2.75) is 32.3 Å². The van der Waals surface area contributed by atoms with Crippen molar-refractivity contribution in [3.8, 4) is 5.75 Å². The molecule has 1 N–H and O–H groups in total. The predicted molar refractivity (Wildman–Crippen MR) is 115 cm³/mol. The number of benzene rings is 2. The molecule has 2 atom stereocenters. The quantitative estimate of drug-likeness (QED) is 0.432. The second-order valence-electron chi connectivity index (χ2n) is 6.89. The van der Waals surface area contributed by atoms with Crippen molar-refractivity contribution in [2.75, 3.05) is 6.61 Å². The first-order chi connectivity index (χ1) is 14.2. The zero-order valence-corrected chi connectivity index (χ0v) is 17.1. The Balaban J connectivity index is 1.50. The SMILES string of the molecule is C[C@@H](Oc1ccccc1)c1nc2ccccc2n1C[C@H](O)COCc1cccs1. The van der Waals surface area contributed by atoms with Crippen molar-refractivity contribution >= 4 is 22.4 Å². The fourth-order valence-corrected chi connectivity index (χ4v) is 3.95. The Morgan fingerprint density at radius 3 is 2.62 bits per heavy atom. The lowest BCUT2D eigenvalue weighted by molar-refractivity contribution is 0.0207. The van der Waals surface area contributed by atoms with Crippen LogP contribution in [0.2, 0.25) is 0 Å². The first kappa shape index (κ1) is 19.6. The summed E-state index contributed by atoms with van der Waals surface area (Å²) in [6, 6.07) is 21.7. The maximum absolute atomic E-state index is 10.6. The van der Waals surface area contributed by atoms with Gasteiger partial charge < -0.3 is 19.1 Å². The topological polar surface area (TPSA) is 56.5 Å². The number of imidazole rings is 1. The Morgan fingerprint density at radius 2 is 1.83 bits per heavy atom. The molecule has 2 aromatic heterocycles. The smallest absolute Gasteiger partial charge is 0.153 e. The molecule has 0 bridgehead atoms. The molecule has 0 spiro atoms. The Morgan fingerprint density at radius 1 is 1.03 bits per heavy atom. The monoisotopic (exact) mass is 408 g/mol. The van der Waals surface area contributed by atoms with Crippen LogP contribution in [0.3, 0.4) is 0 Å². The van der Waals surface area contributed by atoms with Crippen molar-refractivity contribution in [3.63, 3.8) is 0 Å². The van der Waals surface area contributed by atoms with Crippen LogP contribution in [0.4, 0.5) is 0 Å². The van der Waals surface area contributed by atoms with Gasteiger partial charge in [0.2, 0.25) is 0 Å². The highest BCUT2D eigenvalue weighted by atomic mass is 32.1. The lowest BCUT2D eigenvalue weighted by atomic mass is 10.3. The summed E-state index contributed by atoms with van der Waals surface area (Å²) in [7, 11) is 0. The van der Waals surface area contributed by atoms with Crippen LogP contribution in [0.25, 0.3) is 11.0 Å². The maximum atomic E-state index is 10.6. The van der Waals surface area contributed by atoms with E-state index in [1.165, 1.54) is 0 Å². The van der Waals surface area contributed by atoms with Crippen molar-refractivity contribution in [2.24, 2.45) is 0 Å². The standard InChI is InChI=1S/C23H24N2O3S/c1-17(28-19-8-3-2-4-9-19)23-24-21-11-5-6-12-22(21)25(23)14-18(26)15-27-16-20-10-7-13-29-20/h2-13,17-18,26H,14-16H2,1H3/t17-,18+/m1/s1. The Bertz CT molecular complexity index is 1030. The Hall–Kier alpha value is -2.67. The molecule has 0 saturated carbocycles. The number of ether oxygens (including phenoxy) is 2. The molecule has 6 heteroatoms. The van der Waals surface area contributed by atoms with Crippen molar-refractivity contribution in [3.05, 3.63) is 82.8 Å². The van der Waals surface area contributed by atoms with E-state index >= 15 is 0 Å². The summed E-state index contributed by atoms with van der Waals surface area (Å²) in [5.41, 5.74) is 1.86. The van der Waals surface area contributed by atoms with Crippen LogP contribution in [-0.4, -0.2) is 27.4 Å². The number of thiophene rings is 1. The van der Waals surface area contributed by atoms with Crippen LogP contribution in [0, 0.1) is 0 Å². The molecule has 2 heterocycles. The lowest BCUT2D eigenvalue weighted by Crippen LogP contribution is -2.24. The van der Waals surface area contributed by atoms with Gasteiger partial charge in [-0.05, 0) is 42.6 Å². The highest BCUT2D eigenvalue weighted by Crippen LogP contribution is 2.25. The van der Waals surface area contributed by atoms with Gasteiger partial charge in [-0.15, -0.1) is 11.3 Å². The Labute approximate surface area is 174 Å². The molecular formula is C23H24N2O3S. The normalized spacial score (nSPS) is 13.4. The first-order valence-electron chi connectivity index (χ1n) is 9.66.